The highest BCUT2D eigenvalue weighted by Gasteiger charge is 2.08. The van der Waals surface area contributed by atoms with Crippen LogP contribution in [0.1, 0.15) is 15.9 Å². The first-order valence-electron chi connectivity index (χ1n) is 7.36. The first-order valence-corrected chi connectivity index (χ1v) is 7.36. The van der Waals surface area contributed by atoms with Crippen LogP contribution < -0.4 is 5.32 Å². The molecule has 1 N–H and O–H groups in total. The molecule has 0 aliphatic heterocycles. The Labute approximate surface area is 134 Å². The van der Waals surface area contributed by atoms with Crippen LogP contribution in [0.15, 0.2) is 72.8 Å². The summed E-state index contributed by atoms with van der Waals surface area (Å²) in [5, 5.41) is 2.81. The number of benzene rings is 3. The summed E-state index contributed by atoms with van der Waals surface area (Å²) < 4.78 is 13.1. The van der Waals surface area contributed by atoms with Crippen molar-refractivity contribution in [2.24, 2.45) is 0 Å². The molecule has 23 heavy (non-hydrogen) atoms. The fourth-order valence-corrected chi connectivity index (χ4v) is 2.41. The van der Waals surface area contributed by atoms with Crippen LogP contribution in [0.5, 0.6) is 0 Å². The van der Waals surface area contributed by atoms with E-state index in [-0.39, 0.29) is 11.7 Å². The second-order valence-corrected chi connectivity index (χ2v) is 5.36. The Hall–Kier alpha value is -2.94. The van der Waals surface area contributed by atoms with E-state index in [4.69, 9.17) is 0 Å². The van der Waals surface area contributed by atoms with Crippen molar-refractivity contribution in [3.05, 3.63) is 89.7 Å². The third-order valence-corrected chi connectivity index (χ3v) is 3.69. The molecule has 0 radical (unpaired) electrons. The van der Waals surface area contributed by atoms with Gasteiger partial charge in [-0.25, -0.2) is 4.39 Å². The highest BCUT2D eigenvalue weighted by atomic mass is 19.1. The fraction of sp³-hybridized carbons (Fsp3) is 0.0500. The number of amides is 1. The Balaban J connectivity index is 1.78. The number of carbonyl (C=O) groups is 1. The van der Waals surface area contributed by atoms with E-state index in [0.29, 0.717) is 16.8 Å². The van der Waals surface area contributed by atoms with Gasteiger partial charge in [-0.3, -0.25) is 4.79 Å². The zero-order valence-electron chi connectivity index (χ0n) is 12.7. The van der Waals surface area contributed by atoms with Crippen LogP contribution in [0.2, 0.25) is 0 Å². The summed E-state index contributed by atoms with van der Waals surface area (Å²) in [7, 11) is 0. The average molecular weight is 305 g/mol. The fourth-order valence-electron chi connectivity index (χ4n) is 2.41. The highest BCUT2D eigenvalue weighted by molar-refractivity contribution is 6.04. The number of hydrogen-bond acceptors (Lipinski definition) is 1. The van der Waals surface area contributed by atoms with Crippen LogP contribution in [0.3, 0.4) is 0 Å². The lowest BCUT2D eigenvalue weighted by Gasteiger charge is -2.09. The van der Waals surface area contributed by atoms with Gasteiger partial charge in [0.25, 0.3) is 5.91 Å². The minimum Gasteiger partial charge on any atom is -0.322 e. The summed E-state index contributed by atoms with van der Waals surface area (Å²) >= 11 is 0. The number of nitrogens with one attached hydrogen (secondary N) is 1. The number of halogens is 1. The van der Waals surface area contributed by atoms with Crippen molar-refractivity contribution in [3.8, 4) is 11.1 Å². The van der Waals surface area contributed by atoms with Crippen LogP contribution in [0, 0.1) is 12.7 Å². The largest absolute Gasteiger partial charge is 0.322 e. The molecule has 0 spiro atoms. The summed E-state index contributed by atoms with van der Waals surface area (Å²) in [6.45, 7) is 1.76. The molecule has 0 bridgehead atoms. The molecule has 1 amide bonds. The topological polar surface area (TPSA) is 29.1 Å². The van der Waals surface area contributed by atoms with E-state index >= 15 is 0 Å². The van der Waals surface area contributed by atoms with Gasteiger partial charge in [-0.15, -0.1) is 0 Å². The summed E-state index contributed by atoms with van der Waals surface area (Å²) in [5.41, 5.74) is 4.03. The molecule has 3 aromatic carbocycles. The molecule has 2 nitrogen and oxygen atoms in total. The summed E-state index contributed by atoms with van der Waals surface area (Å²) in [5.74, 6) is -0.521. The molecule has 0 saturated heterocycles. The van der Waals surface area contributed by atoms with E-state index in [9.17, 15) is 9.18 Å². The van der Waals surface area contributed by atoms with Crippen LogP contribution >= 0.6 is 0 Å². The monoisotopic (exact) mass is 305 g/mol. The van der Waals surface area contributed by atoms with Crippen LogP contribution in [0.4, 0.5) is 10.1 Å². The van der Waals surface area contributed by atoms with E-state index in [2.05, 4.69) is 5.32 Å². The zero-order chi connectivity index (χ0) is 16.2. The van der Waals surface area contributed by atoms with Crippen molar-refractivity contribution in [1.82, 2.24) is 0 Å². The average Bonchev–Trinajstić information content (AvgIpc) is 2.58. The Kier molecular flexibility index (Phi) is 4.20. The molecule has 3 rings (SSSR count). The molecular weight excluding hydrogens is 289 g/mol. The van der Waals surface area contributed by atoms with Crippen LogP contribution in [0.25, 0.3) is 11.1 Å². The van der Waals surface area contributed by atoms with Gasteiger partial charge < -0.3 is 5.32 Å². The molecule has 3 heteroatoms. The van der Waals surface area contributed by atoms with E-state index < -0.39 is 0 Å². The maximum atomic E-state index is 13.1. The van der Waals surface area contributed by atoms with Gasteiger partial charge in [-0.05, 0) is 53.9 Å². The summed E-state index contributed by atoms with van der Waals surface area (Å²) in [6, 6.07) is 21.7. The normalized spacial score (nSPS) is 10.3. The quantitative estimate of drug-likeness (QED) is 0.720. The number of anilines is 1. The molecule has 0 fully saturated rings. The lowest BCUT2D eigenvalue weighted by molar-refractivity contribution is 0.102. The highest BCUT2D eigenvalue weighted by Crippen LogP contribution is 2.21. The Morgan fingerprint density at radius 1 is 0.870 bits per heavy atom. The number of rotatable bonds is 3. The van der Waals surface area contributed by atoms with Gasteiger partial charge in [0, 0.05) is 11.3 Å². The molecule has 0 aliphatic rings. The van der Waals surface area contributed by atoms with Gasteiger partial charge in [0.05, 0.1) is 0 Å². The van der Waals surface area contributed by atoms with Crippen molar-refractivity contribution in [1.29, 1.82) is 0 Å². The standard InChI is InChI=1S/C20H16FNO/c1-14-13-18(21)11-12-19(14)22-20(23)17-9-7-16(8-10-17)15-5-3-2-4-6-15/h2-13H,1H3,(H,22,23). The van der Waals surface area contributed by atoms with Gasteiger partial charge >= 0.3 is 0 Å². The van der Waals surface area contributed by atoms with Gasteiger partial charge in [0.2, 0.25) is 0 Å². The molecule has 0 atom stereocenters. The van der Waals surface area contributed by atoms with E-state index in [1.54, 1.807) is 25.1 Å². The molecule has 0 aromatic heterocycles. The van der Waals surface area contributed by atoms with Crippen LogP contribution in [-0.4, -0.2) is 5.91 Å². The molecule has 114 valence electrons. The van der Waals surface area contributed by atoms with Gasteiger partial charge in [0.1, 0.15) is 5.82 Å². The molecule has 0 saturated carbocycles. The van der Waals surface area contributed by atoms with Crippen molar-refractivity contribution >= 4 is 11.6 Å². The first kappa shape index (κ1) is 15.0. The van der Waals surface area contributed by atoms with Crippen molar-refractivity contribution in [3.63, 3.8) is 0 Å². The summed E-state index contributed by atoms with van der Waals surface area (Å²) in [4.78, 5) is 12.3. The number of carbonyl (C=O) groups excluding carboxylic acids is 1. The minimum atomic E-state index is -0.312. The zero-order valence-corrected chi connectivity index (χ0v) is 12.7. The van der Waals surface area contributed by atoms with E-state index in [1.165, 1.54) is 12.1 Å². The molecule has 0 heterocycles. The van der Waals surface area contributed by atoms with E-state index in [0.717, 1.165) is 11.1 Å². The number of hydrogen-bond donors (Lipinski definition) is 1. The van der Waals surface area contributed by atoms with Gasteiger partial charge in [-0.2, -0.15) is 0 Å². The first-order chi connectivity index (χ1) is 11.1. The summed E-state index contributed by atoms with van der Waals surface area (Å²) in [6.07, 6.45) is 0. The van der Waals surface area contributed by atoms with Crippen molar-refractivity contribution in [2.75, 3.05) is 5.32 Å². The lowest BCUT2D eigenvalue weighted by Crippen LogP contribution is -2.12. The predicted octanol–water partition coefficient (Wildman–Crippen LogP) is 5.05. The third kappa shape index (κ3) is 3.46. The van der Waals surface area contributed by atoms with E-state index in [1.807, 2.05) is 42.5 Å². The second-order valence-electron chi connectivity index (χ2n) is 5.36. The van der Waals surface area contributed by atoms with Crippen molar-refractivity contribution < 1.29 is 9.18 Å². The maximum absolute atomic E-state index is 13.1. The van der Waals surface area contributed by atoms with Gasteiger partial charge in [0.15, 0.2) is 0 Å². The molecule has 0 unspecified atom stereocenters. The Morgan fingerprint density at radius 3 is 2.17 bits per heavy atom. The predicted molar refractivity (Wildman–Crippen MR) is 91.0 cm³/mol. The Morgan fingerprint density at radius 2 is 1.52 bits per heavy atom. The molecule has 3 aromatic rings. The SMILES string of the molecule is Cc1cc(F)ccc1NC(=O)c1ccc(-c2ccccc2)cc1. The third-order valence-electron chi connectivity index (χ3n) is 3.69. The molecule has 0 aliphatic carbocycles. The lowest BCUT2D eigenvalue weighted by atomic mass is 10.0. The second kappa shape index (κ2) is 6.44. The van der Waals surface area contributed by atoms with Crippen LogP contribution in [-0.2, 0) is 0 Å². The maximum Gasteiger partial charge on any atom is 0.255 e. The molecular formula is C20H16FNO. The Bertz CT molecular complexity index is 826. The smallest absolute Gasteiger partial charge is 0.255 e. The van der Waals surface area contributed by atoms with Crippen molar-refractivity contribution in [2.45, 2.75) is 6.92 Å². The minimum absolute atomic E-state index is 0.209. The number of aryl methyl sites for hydroxylation is 1. The van der Waals surface area contributed by atoms with Gasteiger partial charge in [-0.1, -0.05) is 42.5 Å².